The van der Waals surface area contributed by atoms with E-state index in [0.717, 1.165) is 7.11 Å². The second kappa shape index (κ2) is 5.09. The molecule has 0 aliphatic rings. The lowest BCUT2D eigenvalue weighted by Gasteiger charge is -2.03. The molecule has 0 radical (unpaired) electrons. The summed E-state index contributed by atoms with van der Waals surface area (Å²) in [5.41, 5.74) is 5.28. The molecule has 0 aliphatic heterocycles. The minimum atomic E-state index is -0.832. The Labute approximate surface area is 96.3 Å². The van der Waals surface area contributed by atoms with Crippen molar-refractivity contribution in [2.45, 2.75) is 0 Å². The predicted octanol–water partition coefficient (Wildman–Crippen LogP) is 0.496. The number of nitrogens with zero attached hydrogens (tertiary/aromatic N) is 3. The number of ether oxygens (including phenoxy) is 1. The molecule has 82 valence electrons. The lowest BCUT2D eigenvalue weighted by Crippen LogP contribution is -2.11. The van der Waals surface area contributed by atoms with Gasteiger partial charge in [-0.3, -0.25) is 4.98 Å². The van der Waals surface area contributed by atoms with Crippen molar-refractivity contribution >= 4 is 23.3 Å². The normalized spacial score (nSPS) is 11.3. The van der Waals surface area contributed by atoms with Gasteiger partial charge >= 0.3 is 5.97 Å². The first-order valence-corrected chi connectivity index (χ1v) is 4.44. The lowest BCUT2D eigenvalue weighted by molar-refractivity contribution is -0.135. The van der Waals surface area contributed by atoms with E-state index >= 15 is 0 Å². The van der Waals surface area contributed by atoms with Crippen molar-refractivity contribution in [3.63, 3.8) is 0 Å². The first-order chi connectivity index (χ1) is 7.60. The van der Waals surface area contributed by atoms with Gasteiger partial charge in [0.05, 0.1) is 25.2 Å². The Hall–Kier alpha value is -2.13. The summed E-state index contributed by atoms with van der Waals surface area (Å²) in [6.45, 7) is 0. The Morgan fingerprint density at radius 1 is 1.62 bits per heavy atom. The molecule has 1 aromatic rings. The summed E-state index contributed by atoms with van der Waals surface area (Å²) in [4.78, 5) is 18.7. The number of hydrogen-bond acceptors (Lipinski definition) is 6. The Bertz CT molecular complexity index is 493. The largest absolute Gasteiger partial charge is 0.465 e. The van der Waals surface area contributed by atoms with Crippen LogP contribution in [0, 0.1) is 11.3 Å². The van der Waals surface area contributed by atoms with E-state index in [0.29, 0.717) is 0 Å². The molecule has 0 unspecified atom stereocenters. The van der Waals surface area contributed by atoms with E-state index in [1.165, 1.54) is 12.4 Å². The van der Waals surface area contributed by atoms with Gasteiger partial charge in [0.15, 0.2) is 5.57 Å². The molecule has 0 bridgehead atoms. The van der Waals surface area contributed by atoms with Gasteiger partial charge in [-0.25, -0.2) is 9.78 Å². The highest BCUT2D eigenvalue weighted by Crippen LogP contribution is 2.13. The zero-order chi connectivity index (χ0) is 12.1. The second-order valence-electron chi connectivity index (χ2n) is 2.62. The van der Waals surface area contributed by atoms with Gasteiger partial charge in [0, 0.05) is 0 Å². The van der Waals surface area contributed by atoms with E-state index in [4.69, 9.17) is 22.6 Å². The molecule has 2 N–H and O–H groups in total. The monoisotopic (exact) mass is 238 g/mol. The molecular weight excluding hydrogens is 232 g/mol. The number of nitrogens with two attached hydrogens (primary N) is 1. The molecule has 0 atom stereocenters. The summed E-state index contributed by atoms with van der Waals surface area (Å²) in [7, 11) is 1.15. The van der Waals surface area contributed by atoms with Crippen molar-refractivity contribution in [3.05, 3.63) is 28.8 Å². The van der Waals surface area contributed by atoms with E-state index in [1.54, 1.807) is 6.07 Å². The first-order valence-electron chi connectivity index (χ1n) is 4.06. The van der Waals surface area contributed by atoms with Crippen LogP contribution in [0.2, 0.25) is 5.15 Å². The van der Waals surface area contributed by atoms with Crippen LogP contribution >= 0.6 is 11.6 Å². The van der Waals surface area contributed by atoms with Crippen LogP contribution in [0.5, 0.6) is 0 Å². The molecule has 0 fully saturated rings. The highest BCUT2D eigenvalue weighted by Gasteiger charge is 2.16. The lowest BCUT2D eigenvalue weighted by atomic mass is 10.2. The summed E-state index contributed by atoms with van der Waals surface area (Å²) in [6, 6.07) is 1.64. The number of esters is 1. The average Bonchev–Trinajstić information content (AvgIpc) is 2.29. The van der Waals surface area contributed by atoms with Gasteiger partial charge in [0.1, 0.15) is 16.9 Å². The van der Waals surface area contributed by atoms with Crippen molar-refractivity contribution in [1.29, 1.82) is 5.26 Å². The number of methoxy groups -OCH3 is 1. The molecular formula is C9H7ClN4O2. The average molecular weight is 239 g/mol. The van der Waals surface area contributed by atoms with E-state index in [2.05, 4.69) is 14.7 Å². The van der Waals surface area contributed by atoms with Crippen LogP contribution in [-0.4, -0.2) is 23.0 Å². The minimum Gasteiger partial charge on any atom is -0.465 e. The maximum Gasteiger partial charge on any atom is 0.350 e. The standard InChI is InChI=1S/C9H7ClN4O2/c1-16-9(15)5(2-11)8(12)6-3-13-4-7(10)14-6/h3-4H,12H2,1H3/b8-5+. The van der Waals surface area contributed by atoms with Crippen molar-refractivity contribution in [1.82, 2.24) is 9.97 Å². The van der Waals surface area contributed by atoms with Crippen molar-refractivity contribution in [2.75, 3.05) is 7.11 Å². The van der Waals surface area contributed by atoms with E-state index in [1.807, 2.05) is 0 Å². The Kier molecular flexibility index (Phi) is 3.80. The molecule has 1 aromatic heterocycles. The topological polar surface area (TPSA) is 102 Å². The summed E-state index contributed by atoms with van der Waals surface area (Å²) in [5.74, 6) is -0.832. The third kappa shape index (κ3) is 2.46. The molecule has 0 spiro atoms. The van der Waals surface area contributed by atoms with Gasteiger partial charge in [0.25, 0.3) is 0 Å². The summed E-state index contributed by atoms with van der Waals surface area (Å²) < 4.78 is 4.40. The van der Waals surface area contributed by atoms with Gasteiger partial charge in [-0.2, -0.15) is 5.26 Å². The van der Waals surface area contributed by atoms with E-state index < -0.39 is 5.97 Å². The summed E-state index contributed by atoms with van der Waals surface area (Å²) >= 11 is 5.60. The van der Waals surface area contributed by atoms with E-state index in [9.17, 15) is 4.79 Å². The van der Waals surface area contributed by atoms with Gasteiger partial charge in [-0.15, -0.1) is 0 Å². The van der Waals surface area contributed by atoms with Crippen LogP contribution in [0.15, 0.2) is 18.0 Å². The van der Waals surface area contributed by atoms with Crippen LogP contribution in [0.25, 0.3) is 5.70 Å². The molecule has 0 saturated carbocycles. The number of carbonyl (C=O) groups is 1. The third-order valence-electron chi connectivity index (χ3n) is 1.65. The van der Waals surface area contributed by atoms with Crippen LogP contribution in [0.3, 0.4) is 0 Å². The third-order valence-corrected chi connectivity index (χ3v) is 1.83. The van der Waals surface area contributed by atoms with Gasteiger partial charge in [0.2, 0.25) is 0 Å². The van der Waals surface area contributed by atoms with Crippen molar-refractivity contribution < 1.29 is 9.53 Å². The molecule has 0 aromatic carbocycles. The van der Waals surface area contributed by atoms with Crippen LogP contribution < -0.4 is 5.73 Å². The predicted molar refractivity (Wildman–Crippen MR) is 55.8 cm³/mol. The van der Waals surface area contributed by atoms with Crippen molar-refractivity contribution in [2.24, 2.45) is 5.73 Å². The fourth-order valence-corrected chi connectivity index (χ4v) is 1.07. The van der Waals surface area contributed by atoms with Gasteiger partial charge in [-0.1, -0.05) is 11.6 Å². The Morgan fingerprint density at radius 2 is 2.31 bits per heavy atom. The maximum atomic E-state index is 11.2. The SMILES string of the molecule is COC(=O)/C(C#N)=C(/N)c1cncc(Cl)n1. The quantitative estimate of drug-likeness (QED) is 0.457. The molecule has 16 heavy (non-hydrogen) atoms. The smallest absolute Gasteiger partial charge is 0.350 e. The fourth-order valence-electron chi connectivity index (χ4n) is 0.918. The van der Waals surface area contributed by atoms with Gasteiger partial charge in [-0.05, 0) is 0 Å². The second-order valence-corrected chi connectivity index (χ2v) is 3.01. The molecule has 0 amide bonds. The van der Waals surface area contributed by atoms with Crippen LogP contribution in [-0.2, 0) is 9.53 Å². The number of halogens is 1. The Morgan fingerprint density at radius 3 is 2.81 bits per heavy atom. The Balaban J connectivity index is 3.26. The molecule has 0 aliphatic carbocycles. The first kappa shape index (κ1) is 11.9. The fraction of sp³-hybridized carbons (Fsp3) is 0.111. The highest BCUT2D eigenvalue weighted by atomic mass is 35.5. The molecule has 0 saturated heterocycles. The maximum absolute atomic E-state index is 11.2. The summed E-state index contributed by atoms with van der Waals surface area (Å²) in [6.07, 6.45) is 2.60. The number of rotatable bonds is 2. The highest BCUT2D eigenvalue weighted by molar-refractivity contribution is 6.29. The zero-order valence-electron chi connectivity index (χ0n) is 8.27. The number of aromatic nitrogens is 2. The summed E-state index contributed by atoms with van der Waals surface area (Å²) in [5, 5.41) is 8.87. The molecule has 1 rings (SSSR count). The zero-order valence-corrected chi connectivity index (χ0v) is 9.02. The number of hydrogen-bond donors (Lipinski definition) is 1. The number of carbonyl (C=O) groups excluding carboxylic acids is 1. The molecule has 1 heterocycles. The van der Waals surface area contributed by atoms with Gasteiger partial charge < -0.3 is 10.5 Å². The van der Waals surface area contributed by atoms with Crippen molar-refractivity contribution in [3.8, 4) is 6.07 Å². The van der Waals surface area contributed by atoms with Crippen LogP contribution in [0.4, 0.5) is 0 Å². The number of nitriles is 1. The van der Waals surface area contributed by atoms with Crippen LogP contribution in [0.1, 0.15) is 5.69 Å². The molecule has 6 nitrogen and oxygen atoms in total. The minimum absolute atomic E-state index is 0.114. The van der Waals surface area contributed by atoms with E-state index in [-0.39, 0.29) is 22.1 Å². The molecule has 7 heteroatoms.